The van der Waals surface area contributed by atoms with Crippen LogP contribution in [0.1, 0.15) is 43.4 Å². The Kier molecular flexibility index (Phi) is 4.02. The predicted molar refractivity (Wildman–Crippen MR) is 92.3 cm³/mol. The summed E-state index contributed by atoms with van der Waals surface area (Å²) in [4.78, 5) is 0. The van der Waals surface area contributed by atoms with Gasteiger partial charge in [-0.15, -0.1) is 10.2 Å². The number of hydrogen-bond donors (Lipinski definition) is 1. The van der Waals surface area contributed by atoms with E-state index in [1.807, 2.05) is 18.2 Å². The van der Waals surface area contributed by atoms with Gasteiger partial charge in [0.1, 0.15) is 12.1 Å². The monoisotopic (exact) mass is 323 g/mol. The van der Waals surface area contributed by atoms with Gasteiger partial charge in [0.25, 0.3) is 0 Å². The van der Waals surface area contributed by atoms with Crippen LogP contribution in [0, 0.1) is 0 Å². The lowest BCUT2D eigenvalue weighted by Gasteiger charge is -2.13. The van der Waals surface area contributed by atoms with E-state index >= 15 is 0 Å². The molecule has 2 aromatic heterocycles. The number of nitrogens with one attached hydrogen (secondary N) is 1. The van der Waals surface area contributed by atoms with E-state index in [0.717, 1.165) is 41.4 Å². The molecule has 6 heteroatoms. The largest absolute Gasteiger partial charge is 0.493 e. The molecule has 2 heterocycles. The minimum absolute atomic E-state index is 0.581. The van der Waals surface area contributed by atoms with E-state index < -0.39 is 0 Å². The molecule has 1 fully saturated rings. The maximum absolute atomic E-state index is 5.83. The zero-order chi connectivity index (χ0) is 16.4. The van der Waals surface area contributed by atoms with Gasteiger partial charge in [0, 0.05) is 18.0 Å². The molecule has 1 N–H and O–H groups in total. The molecule has 0 spiro atoms. The smallest absolute Gasteiger partial charge is 0.200 e. The van der Waals surface area contributed by atoms with Crippen LogP contribution in [0.3, 0.4) is 0 Å². The van der Waals surface area contributed by atoms with Crippen LogP contribution in [-0.2, 0) is 6.54 Å². The van der Waals surface area contributed by atoms with Gasteiger partial charge in [0.15, 0.2) is 0 Å². The number of ether oxygens (including phenoxy) is 1. The standard InChI is InChI=1S/C18H21N5O/c1-2-9-24-17-6-4-3-5-14(17)11-19-16-10-15(13-7-8-13)22-23-12-20-21-18(16)23/h3-6,10,12-13,19H,2,7-9,11H2,1H3. The van der Waals surface area contributed by atoms with Crippen molar-refractivity contribution in [1.82, 2.24) is 19.8 Å². The van der Waals surface area contributed by atoms with E-state index in [1.54, 1.807) is 10.8 Å². The highest BCUT2D eigenvalue weighted by Crippen LogP contribution is 2.40. The second-order valence-electron chi connectivity index (χ2n) is 6.17. The number of nitrogens with zero attached hydrogens (tertiary/aromatic N) is 4. The summed E-state index contributed by atoms with van der Waals surface area (Å²) in [5.41, 5.74) is 3.97. The fraction of sp³-hybridized carbons (Fsp3) is 0.389. The van der Waals surface area contributed by atoms with Crippen LogP contribution in [0.4, 0.5) is 5.69 Å². The lowest BCUT2D eigenvalue weighted by molar-refractivity contribution is 0.314. The average Bonchev–Trinajstić information content (AvgIpc) is 3.36. The zero-order valence-corrected chi connectivity index (χ0v) is 13.8. The minimum atomic E-state index is 0.581. The third kappa shape index (κ3) is 3.04. The molecule has 0 amide bonds. The minimum Gasteiger partial charge on any atom is -0.493 e. The van der Waals surface area contributed by atoms with Gasteiger partial charge in [-0.05, 0) is 31.4 Å². The Labute approximate surface area is 140 Å². The SMILES string of the molecule is CCCOc1ccccc1CNc1cc(C2CC2)nn2cnnc12. The maximum Gasteiger partial charge on any atom is 0.200 e. The van der Waals surface area contributed by atoms with Crippen molar-refractivity contribution in [3.05, 3.63) is 47.9 Å². The predicted octanol–water partition coefficient (Wildman–Crippen LogP) is 3.40. The van der Waals surface area contributed by atoms with Gasteiger partial charge >= 0.3 is 0 Å². The Morgan fingerprint density at radius 2 is 2.17 bits per heavy atom. The summed E-state index contributed by atoms with van der Waals surface area (Å²) in [5, 5.41) is 16.2. The summed E-state index contributed by atoms with van der Waals surface area (Å²) < 4.78 is 7.59. The van der Waals surface area contributed by atoms with Crippen LogP contribution in [0.25, 0.3) is 5.65 Å². The van der Waals surface area contributed by atoms with E-state index in [1.165, 1.54) is 12.8 Å². The van der Waals surface area contributed by atoms with Gasteiger partial charge < -0.3 is 10.1 Å². The fourth-order valence-electron chi connectivity index (χ4n) is 2.75. The molecule has 24 heavy (non-hydrogen) atoms. The van der Waals surface area contributed by atoms with Crippen molar-refractivity contribution in [3.8, 4) is 5.75 Å². The molecule has 1 aromatic carbocycles. The van der Waals surface area contributed by atoms with Crippen LogP contribution in [0.2, 0.25) is 0 Å². The van der Waals surface area contributed by atoms with E-state index in [4.69, 9.17) is 4.74 Å². The zero-order valence-electron chi connectivity index (χ0n) is 13.8. The van der Waals surface area contributed by atoms with Gasteiger partial charge in [-0.2, -0.15) is 9.61 Å². The number of benzene rings is 1. The van der Waals surface area contributed by atoms with Crippen LogP contribution in [-0.4, -0.2) is 26.4 Å². The third-order valence-corrected chi connectivity index (χ3v) is 4.19. The molecule has 0 unspecified atom stereocenters. The Morgan fingerprint density at radius 3 is 3.00 bits per heavy atom. The first kappa shape index (κ1) is 14.9. The number of aromatic nitrogens is 4. The number of rotatable bonds is 7. The number of hydrogen-bond acceptors (Lipinski definition) is 5. The molecular weight excluding hydrogens is 302 g/mol. The lowest BCUT2D eigenvalue weighted by Crippen LogP contribution is -2.07. The molecule has 0 aliphatic heterocycles. The van der Waals surface area contributed by atoms with Crippen molar-refractivity contribution < 1.29 is 4.74 Å². The topological polar surface area (TPSA) is 64.3 Å². The van der Waals surface area contributed by atoms with Gasteiger partial charge in [0.05, 0.1) is 18.0 Å². The highest BCUT2D eigenvalue weighted by atomic mass is 16.5. The molecule has 0 atom stereocenters. The summed E-state index contributed by atoms with van der Waals surface area (Å²) in [7, 11) is 0. The molecule has 0 radical (unpaired) electrons. The summed E-state index contributed by atoms with van der Waals surface area (Å²) in [6.45, 7) is 3.52. The summed E-state index contributed by atoms with van der Waals surface area (Å²) in [5.74, 6) is 1.51. The Morgan fingerprint density at radius 1 is 1.29 bits per heavy atom. The van der Waals surface area contributed by atoms with E-state index in [2.05, 4.69) is 39.7 Å². The van der Waals surface area contributed by atoms with E-state index in [-0.39, 0.29) is 0 Å². The molecule has 1 saturated carbocycles. The molecular formula is C18H21N5O. The van der Waals surface area contributed by atoms with Crippen molar-refractivity contribution in [3.63, 3.8) is 0 Å². The van der Waals surface area contributed by atoms with Crippen molar-refractivity contribution in [2.75, 3.05) is 11.9 Å². The molecule has 1 aliphatic rings. The Balaban J connectivity index is 1.58. The fourth-order valence-corrected chi connectivity index (χ4v) is 2.75. The van der Waals surface area contributed by atoms with Crippen LogP contribution in [0.15, 0.2) is 36.7 Å². The highest BCUT2D eigenvalue weighted by molar-refractivity contribution is 5.67. The quantitative estimate of drug-likeness (QED) is 0.722. The molecule has 124 valence electrons. The summed E-state index contributed by atoms with van der Waals surface area (Å²) >= 11 is 0. The molecule has 0 bridgehead atoms. The summed E-state index contributed by atoms with van der Waals surface area (Å²) in [6, 6.07) is 10.2. The van der Waals surface area contributed by atoms with E-state index in [0.29, 0.717) is 12.5 Å². The second-order valence-corrected chi connectivity index (χ2v) is 6.17. The van der Waals surface area contributed by atoms with E-state index in [9.17, 15) is 0 Å². The van der Waals surface area contributed by atoms with Gasteiger partial charge in [-0.3, -0.25) is 0 Å². The number of anilines is 1. The normalized spacial score (nSPS) is 14.0. The molecule has 0 saturated heterocycles. The molecule has 1 aliphatic carbocycles. The number of para-hydroxylation sites is 1. The second kappa shape index (κ2) is 6.47. The maximum atomic E-state index is 5.83. The Bertz CT molecular complexity index is 840. The molecule has 4 rings (SSSR count). The van der Waals surface area contributed by atoms with Crippen molar-refractivity contribution in [1.29, 1.82) is 0 Å². The van der Waals surface area contributed by atoms with Crippen LogP contribution < -0.4 is 10.1 Å². The van der Waals surface area contributed by atoms with Crippen LogP contribution >= 0.6 is 0 Å². The first-order chi connectivity index (χ1) is 11.8. The summed E-state index contributed by atoms with van der Waals surface area (Å²) in [6.07, 6.45) is 5.09. The first-order valence-electron chi connectivity index (χ1n) is 8.50. The lowest BCUT2D eigenvalue weighted by atomic mass is 10.2. The highest BCUT2D eigenvalue weighted by Gasteiger charge is 2.26. The first-order valence-corrected chi connectivity index (χ1v) is 8.50. The van der Waals surface area contributed by atoms with Crippen molar-refractivity contribution in [2.24, 2.45) is 0 Å². The van der Waals surface area contributed by atoms with Gasteiger partial charge in [0.2, 0.25) is 5.65 Å². The van der Waals surface area contributed by atoms with Crippen molar-refractivity contribution >= 4 is 11.3 Å². The van der Waals surface area contributed by atoms with Crippen LogP contribution in [0.5, 0.6) is 5.75 Å². The Hall–Kier alpha value is -2.63. The molecule has 6 nitrogen and oxygen atoms in total. The van der Waals surface area contributed by atoms with Gasteiger partial charge in [-0.1, -0.05) is 25.1 Å². The molecule has 3 aromatic rings. The van der Waals surface area contributed by atoms with Gasteiger partial charge in [-0.25, -0.2) is 0 Å². The number of fused-ring (bicyclic) bond motifs is 1. The van der Waals surface area contributed by atoms with Crippen molar-refractivity contribution in [2.45, 2.75) is 38.6 Å². The third-order valence-electron chi connectivity index (χ3n) is 4.19. The average molecular weight is 323 g/mol.